The van der Waals surface area contributed by atoms with Gasteiger partial charge in [0.05, 0.1) is 5.69 Å². The summed E-state index contributed by atoms with van der Waals surface area (Å²) in [5, 5.41) is 2.48. The van der Waals surface area contributed by atoms with Gasteiger partial charge < -0.3 is 5.73 Å². The minimum Gasteiger partial charge on any atom is -0.330 e. The Morgan fingerprint density at radius 2 is 1.80 bits per heavy atom. The maximum atomic E-state index is 5.56. The third-order valence-corrected chi connectivity index (χ3v) is 3.36. The number of fused-ring (bicyclic) bond motifs is 1. The first-order valence-corrected chi connectivity index (χ1v) is 6.79. The van der Waals surface area contributed by atoms with E-state index in [2.05, 4.69) is 53.3 Å². The van der Waals surface area contributed by atoms with Crippen LogP contribution in [-0.4, -0.2) is 16.5 Å². The number of aryl methyl sites for hydroxylation is 1. The van der Waals surface area contributed by atoms with Crippen LogP contribution in [0.2, 0.25) is 0 Å². The summed E-state index contributed by atoms with van der Waals surface area (Å²) in [7, 11) is 0. The predicted octanol–water partition coefficient (Wildman–Crippen LogP) is 3.11. The Labute approximate surface area is 118 Å². The fraction of sp³-hybridized carbons (Fsp3) is 0.176. The molecule has 0 fully saturated rings. The smallest absolute Gasteiger partial charge is 0.130 e. The van der Waals surface area contributed by atoms with Gasteiger partial charge in [-0.1, -0.05) is 35.9 Å². The van der Waals surface area contributed by atoms with E-state index in [1.54, 1.807) is 6.20 Å². The lowest BCUT2D eigenvalue weighted by atomic mass is 10.0. The Morgan fingerprint density at radius 1 is 1.00 bits per heavy atom. The van der Waals surface area contributed by atoms with Crippen LogP contribution >= 0.6 is 0 Å². The third-order valence-electron chi connectivity index (χ3n) is 3.36. The second kappa shape index (κ2) is 5.39. The van der Waals surface area contributed by atoms with Gasteiger partial charge in [-0.2, -0.15) is 0 Å². The maximum absolute atomic E-state index is 5.56. The third kappa shape index (κ3) is 2.53. The minimum atomic E-state index is 0.570. The average Bonchev–Trinajstić information content (AvgIpc) is 2.47. The Morgan fingerprint density at radius 3 is 2.65 bits per heavy atom. The van der Waals surface area contributed by atoms with E-state index in [4.69, 9.17) is 5.73 Å². The molecule has 0 aliphatic rings. The van der Waals surface area contributed by atoms with Crippen molar-refractivity contribution in [3.8, 4) is 11.3 Å². The number of nitrogens with zero attached hydrogens (tertiary/aromatic N) is 2. The molecule has 100 valence electrons. The van der Waals surface area contributed by atoms with Crippen LogP contribution < -0.4 is 5.73 Å². The second-order valence-corrected chi connectivity index (χ2v) is 4.96. The highest BCUT2D eigenvalue weighted by atomic mass is 14.9. The average molecular weight is 263 g/mol. The van der Waals surface area contributed by atoms with E-state index < -0.39 is 0 Å². The van der Waals surface area contributed by atoms with Gasteiger partial charge in [-0.3, -0.25) is 0 Å². The summed E-state index contributed by atoms with van der Waals surface area (Å²) in [6.07, 6.45) is 2.51. The van der Waals surface area contributed by atoms with E-state index in [0.717, 1.165) is 17.1 Å². The van der Waals surface area contributed by atoms with Crippen molar-refractivity contribution in [2.45, 2.75) is 13.3 Å². The highest BCUT2D eigenvalue weighted by Crippen LogP contribution is 2.23. The summed E-state index contributed by atoms with van der Waals surface area (Å²) in [5.74, 6) is 0.800. The van der Waals surface area contributed by atoms with Gasteiger partial charge >= 0.3 is 0 Å². The maximum Gasteiger partial charge on any atom is 0.130 e. The van der Waals surface area contributed by atoms with Crippen LogP contribution in [-0.2, 0) is 6.42 Å². The van der Waals surface area contributed by atoms with Crippen molar-refractivity contribution in [2.24, 2.45) is 5.73 Å². The first kappa shape index (κ1) is 12.8. The molecule has 0 saturated carbocycles. The topological polar surface area (TPSA) is 51.8 Å². The van der Waals surface area contributed by atoms with Gasteiger partial charge in [0.25, 0.3) is 0 Å². The molecule has 2 aromatic carbocycles. The number of hydrogen-bond donors (Lipinski definition) is 1. The largest absolute Gasteiger partial charge is 0.330 e. The Balaban J connectivity index is 2.05. The number of benzene rings is 2. The van der Waals surface area contributed by atoms with Crippen LogP contribution in [0.5, 0.6) is 0 Å². The van der Waals surface area contributed by atoms with Crippen molar-refractivity contribution in [3.05, 3.63) is 60.0 Å². The van der Waals surface area contributed by atoms with Gasteiger partial charge in [-0.15, -0.1) is 0 Å². The number of nitrogens with two attached hydrogens (primary N) is 1. The Kier molecular flexibility index (Phi) is 3.44. The van der Waals surface area contributed by atoms with Crippen molar-refractivity contribution in [3.63, 3.8) is 0 Å². The van der Waals surface area contributed by atoms with Gasteiger partial charge in [0.15, 0.2) is 0 Å². The fourth-order valence-electron chi connectivity index (χ4n) is 2.33. The van der Waals surface area contributed by atoms with Gasteiger partial charge in [-0.05, 0) is 36.4 Å². The molecule has 3 rings (SSSR count). The first-order valence-electron chi connectivity index (χ1n) is 6.79. The Hall–Kier alpha value is -2.26. The van der Waals surface area contributed by atoms with Gasteiger partial charge in [0.2, 0.25) is 0 Å². The van der Waals surface area contributed by atoms with Crippen molar-refractivity contribution < 1.29 is 0 Å². The normalized spacial score (nSPS) is 10.9. The lowest BCUT2D eigenvalue weighted by Crippen LogP contribution is -2.06. The van der Waals surface area contributed by atoms with Crippen molar-refractivity contribution in [1.82, 2.24) is 9.97 Å². The quantitative estimate of drug-likeness (QED) is 0.790. The van der Waals surface area contributed by atoms with Crippen LogP contribution in [0.1, 0.15) is 11.4 Å². The molecule has 1 heterocycles. The van der Waals surface area contributed by atoms with E-state index in [-0.39, 0.29) is 0 Å². The number of aromatic nitrogens is 2. The number of rotatable bonds is 3. The van der Waals surface area contributed by atoms with E-state index in [1.807, 2.05) is 6.07 Å². The molecule has 3 nitrogen and oxygen atoms in total. The monoisotopic (exact) mass is 263 g/mol. The van der Waals surface area contributed by atoms with E-state index in [0.29, 0.717) is 13.0 Å². The molecule has 0 radical (unpaired) electrons. The molecule has 3 heteroatoms. The van der Waals surface area contributed by atoms with Crippen molar-refractivity contribution in [2.75, 3.05) is 6.54 Å². The first-order chi connectivity index (χ1) is 9.76. The highest BCUT2D eigenvalue weighted by molar-refractivity contribution is 5.87. The fourth-order valence-corrected chi connectivity index (χ4v) is 2.33. The molecule has 0 bridgehead atoms. The zero-order valence-corrected chi connectivity index (χ0v) is 11.5. The molecule has 2 N–H and O–H groups in total. The van der Waals surface area contributed by atoms with Crippen LogP contribution in [0.3, 0.4) is 0 Å². The van der Waals surface area contributed by atoms with Crippen LogP contribution in [0, 0.1) is 6.92 Å². The van der Waals surface area contributed by atoms with Crippen molar-refractivity contribution >= 4 is 10.8 Å². The molecule has 3 aromatic rings. The molecule has 0 aliphatic carbocycles. The molecule has 0 unspecified atom stereocenters. The summed E-state index contributed by atoms with van der Waals surface area (Å²) in [6.45, 7) is 2.68. The zero-order valence-electron chi connectivity index (χ0n) is 11.5. The van der Waals surface area contributed by atoms with Gasteiger partial charge in [-0.25, -0.2) is 9.97 Å². The molecule has 20 heavy (non-hydrogen) atoms. The lowest BCUT2D eigenvalue weighted by Gasteiger charge is -2.06. The van der Waals surface area contributed by atoms with E-state index in [9.17, 15) is 0 Å². The van der Waals surface area contributed by atoms with Crippen LogP contribution in [0.25, 0.3) is 22.0 Å². The molecule has 0 spiro atoms. The van der Waals surface area contributed by atoms with Crippen molar-refractivity contribution in [1.29, 1.82) is 0 Å². The van der Waals surface area contributed by atoms with E-state index >= 15 is 0 Å². The summed E-state index contributed by atoms with van der Waals surface area (Å²) in [4.78, 5) is 8.80. The highest BCUT2D eigenvalue weighted by Gasteiger charge is 2.03. The molecule has 0 aliphatic heterocycles. The van der Waals surface area contributed by atoms with E-state index in [1.165, 1.54) is 16.3 Å². The zero-order chi connectivity index (χ0) is 13.9. The lowest BCUT2D eigenvalue weighted by molar-refractivity contribution is 0.869. The molecule has 0 saturated heterocycles. The second-order valence-electron chi connectivity index (χ2n) is 4.96. The summed E-state index contributed by atoms with van der Waals surface area (Å²) < 4.78 is 0. The van der Waals surface area contributed by atoms with Gasteiger partial charge in [0, 0.05) is 18.2 Å². The number of hydrogen-bond acceptors (Lipinski definition) is 3. The summed E-state index contributed by atoms with van der Waals surface area (Å²) in [5.41, 5.74) is 8.90. The minimum absolute atomic E-state index is 0.570. The van der Waals surface area contributed by atoms with Gasteiger partial charge in [0.1, 0.15) is 5.82 Å². The SMILES string of the molecule is Cc1ccc2cc(-c3ccnc(CCN)n3)ccc2c1. The van der Waals surface area contributed by atoms with Crippen LogP contribution in [0.4, 0.5) is 0 Å². The molecular weight excluding hydrogens is 246 g/mol. The standard InChI is InChI=1S/C17H17N3/c1-12-2-3-14-11-15(5-4-13(14)10-12)16-7-9-19-17(20-16)6-8-18/h2-5,7,9-11H,6,8,18H2,1H3. The Bertz CT molecular complexity index is 750. The summed E-state index contributed by atoms with van der Waals surface area (Å²) >= 11 is 0. The van der Waals surface area contributed by atoms with Crippen LogP contribution in [0.15, 0.2) is 48.7 Å². The predicted molar refractivity (Wildman–Crippen MR) is 82.5 cm³/mol. The molecular formula is C17H17N3. The molecule has 0 atom stereocenters. The summed E-state index contributed by atoms with van der Waals surface area (Å²) in [6, 6.07) is 14.8. The molecule has 0 amide bonds. The molecule has 1 aromatic heterocycles.